The van der Waals surface area contributed by atoms with E-state index in [-0.39, 0.29) is 33.1 Å². The first-order chi connectivity index (χ1) is 14.1. The second-order valence-corrected chi connectivity index (χ2v) is 6.56. The Morgan fingerprint density at radius 1 is 1.23 bits per heavy atom. The van der Waals surface area contributed by atoms with Crippen molar-refractivity contribution in [1.82, 2.24) is 0 Å². The molecule has 0 aliphatic heterocycles. The molecule has 2 aromatic carbocycles. The van der Waals surface area contributed by atoms with Gasteiger partial charge in [0.25, 0.3) is 0 Å². The molecule has 0 fully saturated rings. The van der Waals surface area contributed by atoms with Crippen molar-refractivity contribution in [2.24, 2.45) is 0 Å². The van der Waals surface area contributed by atoms with Crippen LogP contribution in [0, 0.1) is 0 Å². The lowest BCUT2D eigenvalue weighted by atomic mass is 10.1. The molecule has 0 radical (unpaired) electrons. The summed E-state index contributed by atoms with van der Waals surface area (Å²) in [7, 11) is 1.04. The predicted octanol–water partition coefficient (Wildman–Crippen LogP) is 4.04. The SMILES string of the molecule is COC(=O)C(O)COc1cc(C(F)(F)F)ccc1-c1cc(=O)c2cccc(Cl)c2o1. The molecule has 1 atom stereocenters. The fourth-order valence-corrected chi connectivity index (χ4v) is 2.88. The Kier molecular flexibility index (Phi) is 6.04. The first-order valence-electron chi connectivity index (χ1n) is 8.44. The summed E-state index contributed by atoms with van der Waals surface area (Å²) in [6.07, 6.45) is -6.40. The molecular weight excluding hydrogens is 429 g/mol. The Morgan fingerprint density at radius 3 is 2.63 bits per heavy atom. The number of alkyl halides is 3. The summed E-state index contributed by atoms with van der Waals surface area (Å²) in [4.78, 5) is 23.8. The van der Waals surface area contributed by atoms with Crippen LogP contribution < -0.4 is 10.2 Å². The zero-order chi connectivity index (χ0) is 22.1. The van der Waals surface area contributed by atoms with Crippen molar-refractivity contribution in [2.45, 2.75) is 12.3 Å². The first-order valence-corrected chi connectivity index (χ1v) is 8.82. The molecule has 1 heterocycles. The van der Waals surface area contributed by atoms with Crippen molar-refractivity contribution >= 4 is 28.5 Å². The third-order valence-electron chi connectivity index (χ3n) is 4.15. The maximum absolute atomic E-state index is 13.1. The van der Waals surface area contributed by atoms with Crippen molar-refractivity contribution in [3.63, 3.8) is 0 Å². The summed E-state index contributed by atoms with van der Waals surface area (Å²) in [5, 5.41) is 10.0. The van der Waals surface area contributed by atoms with Crippen molar-refractivity contribution in [2.75, 3.05) is 13.7 Å². The van der Waals surface area contributed by atoms with Crippen LogP contribution in [0.3, 0.4) is 0 Å². The smallest absolute Gasteiger partial charge is 0.416 e. The van der Waals surface area contributed by atoms with E-state index in [0.717, 1.165) is 25.3 Å². The lowest BCUT2D eigenvalue weighted by Gasteiger charge is -2.16. The second kappa shape index (κ2) is 8.37. The molecule has 6 nitrogen and oxygen atoms in total. The van der Waals surface area contributed by atoms with Crippen molar-refractivity contribution < 1.29 is 37.0 Å². The van der Waals surface area contributed by atoms with E-state index in [2.05, 4.69) is 4.74 Å². The number of benzene rings is 2. The summed E-state index contributed by atoms with van der Waals surface area (Å²) in [5.74, 6) is -1.48. The lowest BCUT2D eigenvalue weighted by molar-refractivity contribution is -0.152. The van der Waals surface area contributed by atoms with Gasteiger partial charge in [0.05, 0.1) is 28.6 Å². The minimum absolute atomic E-state index is 0.000939. The first kappa shape index (κ1) is 21.7. The van der Waals surface area contributed by atoms with E-state index in [0.29, 0.717) is 6.07 Å². The van der Waals surface area contributed by atoms with Crippen LogP contribution in [0.15, 0.2) is 51.7 Å². The van der Waals surface area contributed by atoms with Gasteiger partial charge in [0.15, 0.2) is 17.1 Å². The van der Waals surface area contributed by atoms with Gasteiger partial charge in [-0.1, -0.05) is 17.7 Å². The number of para-hydroxylation sites is 1. The van der Waals surface area contributed by atoms with E-state index in [1.54, 1.807) is 6.07 Å². The van der Waals surface area contributed by atoms with E-state index in [1.165, 1.54) is 12.1 Å². The number of halogens is 4. The number of hydrogen-bond donors (Lipinski definition) is 1. The summed E-state index contributed by atoms with van der Waals surface area (Å²) in [5.41, 5.74) is -1.44. The van der Waals surface area contributed by atoms with Gasteiger partial charge in [0.1, 0.15) is 18.1 Å². The molecule has 3 rings (SSSR count). The van der Waals surface area contributed by atoms with Gasteiger partial charge in [-0.2, -0.15) is 13.2 Å². The highest BCUT2D eigenvalue weighted by molar-refractivity contribution is 6.34. The number of aliphatic hydroxyl groups is 1. The number of hydrogen-bond acceptors (Lipinski definition) is 6. The number of carbonyl (C=O) groups excluding carboxylic acids is 1. The van der Waals surface area contributed by atoms with Crippen LogP contribution in [-0.2, 0) is 15.7 Å². The highest BCUT2D eigenvalue weighted by atomic mass is 35.5. The van der Waals surface area contributed by atoms with Gasteiger partial charge in [-0.25, -0.2) is 4.79 Å². The van der Waals surface area contributed by atoms with E-state index < -0.39 is 35.8 Å². The number of methoxy groups -OCH3 is 1. The normalized spacial score (nSPS) is 12.6. The molecule has 0 aliphatic rings. The molecule has 0 saturated heterocycles. The fraction of sp³-hybridized carbons (Fsp3) is 0.200. The monoisotopic (exact) mass is 442 g/mol. The van der Waals surface area contributed by atoms with Crippen molar-refractivity contribution in [3.8, 4) is 17.1 Å². The van der Waals surface area contributed by atoms with Gasteiger partial charge in [0, 0.05) is 6.07 Å². The Bertz CT molecular complexity index is 1160. The quantitative estimate of drug-likeness (QED) is 0.600. The zero-order valence-corrected chi connectivity index (χ0v) is 16.1. The van der Waals surface area contributed by atoms with E-state index in [4.69, 9.17) is 20.8 Å². The Balaban J connectivity index is 2.12. The molecular formula is C20H14ClF3O6. The lowest BCUT2D eigenvalue weighted by Crippen LogP contribution is -2.28. The Labute approximate surface area is 172 Å². The Hall–Kier alpha value is -3.04. The van der Waals surface area contributed by atoms with Crippen LogP contribution in [0.4, 0.5) is 13.2 Å². The third kappa shape index (κ3) is 4.42. The van der Waals surface area contributed by atoms with Crippen LogP contribution in [0.2, 0.25) is 5.02 Å². The summed E-state index contributed by atoms with van der Waals surface area (Å²) in [6, 6.07) is 8.16. The molecule has 158 valence electrons. The van der Waals surface area contributed by atoms with Crippen LogP contribution in [0.25, 0.3) is 22.3 Å². The number of rotatable bonds is 5. The van der Waals surface area contributed by atoms with E-state index in [9.17, 15) is 27.9 Å². The predicted molar refractivity (Wildman–Crippen MR) is 101 cm³/mol. The summed E-state index contributed by atoms with van der Waals surface area (Å²) in [6.45, 7) is -0.681. The molecule has 30 heavy (non-hydrogen) atoms. The molecule has 0 spiro atoms. The van der Waals surface area contributed by atoms with Gasteiger partial charge in [0.2, 0.25) is 0 Å². The van der Waals surface area contributed by atoms with Gasteiger partial charge < -0.3 is 19.0 Å². The minimum Gasteiger partial charge on any atom is -0.489 e. The van der Waals surface area contributed by atoms with Crippen LogP contribution in [-0.4, -0.2) is 30.9 Å². The van der Waals surface area contributed by atoms with Gasteiger partial charge in [-0.15, -0.1) is 0 Å². The molecule has 1 aromatic heterocycles. The van der Waals surface area contributed by atoms with E-state index in [1.807, 2.05) is 0 Å². The number of esters is 1. The summed E-state index contributed by atoms with van der Waals surface area (Å²) >= 11 is 6.07. The number of carbonyl (C=O) groups is 1. The van der Waals surface area contributed by atoms with Gasteiger partial charge in [-0.3, -0.25) is 4.79 Å². The molecule has 0 bridgehead atoms. The molecule has 3 aromatic rings. The standard InChI is InChI=1S/C20H14ClF3O6/c1-28-19(27)15(26)9-29-16-7-10(20(22,23)24)5-6-12(16)17-8-14(25)11-3-2-4-13(21)18(11)30-17/h2-8,15,26H,9H2,1H3. The average Bonchev–Trinajstić information content (AvgIpc) is 2.71. The number of ether oxygens (including phenoxy) is 2. The molecule has 1 N–H and O–H groups in total. The topological polar surface area (TPSA) is 86.0 Å². The van der Waals surface area contributed by atoms with Crippen LogP contribution in [0.5, 0.6) is 5.75 Å². The zero-order valence-electron chi connectivity index (χ0n) is 15.3. The van der Waals surface area contributed by atoms with Crippen LogP contribution >= 0.6 is 11.6 Å². The van der Waals surface area contributed by atoms with Crippen molar-refractivity contribution in [3.05, 3.63) is 63.3 Å². The van der Waals surface area contributed by atoms with E-state index >= 15 is 0 Å². The third-order valence-corrected chi connectivity index (χ3v) is 4.45. The minimum atomic E-state index is -4.68. The highest BCUT2D eigenvalue weighted by Gasteiger charge is 2.32. The number of aliphatic hydroxyl groups excluding tert-OH is 1. The molecule has 10 heteroatoms. The highest BCUT2D eigenvalue weighted by Crippen LogP contribution is 2.38. The van der Waals surface area contributed by atoms with Gasteiger partial charge in [-0.05, 0) is 30.3 Å². The largest absolute Gasteiger partial charge is 0.489 e. The molecule has 0 aliphatic carbocycles. The molecule has 0 amide bonds. The Morgan fingerprint density at radius 2 is 1.97 bits per heavy atom. The summed E-state index contributed by atoms with van der Waals surface area (Å²) < 4.78 is 54.7. The molecule has 0 saturated carbocycles. The average molecular weight is 443 g/mol. The maximum atomic E-state index is 13.1. The van der Waals surface area contributed by atoms with Crippen LogP contribution in [0.1, 0.15) is 5.56 Å². The maximum Gasteiger partial charge on any atom is 0.416 e. The number of fused-ring (bicyclic) bond motifs is 1. The fourth-order valence-electron chi connectivity index (χ4n) is 2.67. The van der Waals surface area contributed by atoms with Gasteiger partial charge >= 0.3 is 12.1 Å². The molecule has 1 unspecified atom stereocenters. The second-order valence-electron chi connectivity index (χ2n) is 6.15. The van der Waals surface area contributed by atoms with Crippen molar-refractivity contribution in [1.29, 1.82) is 0 Å².